The lowest BCUT2D eigenvalue weighted by molar-refractivity contribution is -0.132. The van der Waals surface area contributed by atoms with Crippen LogP contribution in [0, 0.1) is 0 Å². The summed E-state index contributed by atoms with van der Waals surface area (Å²) < 4.78 is 22.0. The molecule has 5 nitrogen and oxygen atoms in total. The Kier molecular flexibility index (Phi) is 7.04. The number of carbonyl (C=O) groups is 1. The molecule has 0 bridgehead atoms. The topological polar surface area (TPSA) is 66.5 Å². The maximum absolute atomic E-state index is 11.9. The average molecular weight is 285 g/mol. The first-order valence-electron chi connectivity index (χ1n) is 5.56. The molecule has 0 unspecified atom stereocenters. The van der Waals surface area contributed by atoms with Gasteiger partial charge in [0.15, 0.2) is 0 Å². The second-order valence-electron chi connectivity index (χ2n) is 4.39. The number of carbonyl (C=O) groups excluding carboxylic acids is 1. The van der Waals surface area contributed by atoms with Crippen LogP contribution in [0.3, 0.4) is 0 Å². The molecule has 102 valence electrons. The van der Waals surface area contributed by atoms with Crippen molar-refractivity contribution in [2.24, 2.45) is 0 Å². The van der Waals surface area contributed by atoms with Crippen LogP contribution in [0.2, 0.25) is 0 Å². The van der Waals surface area contributed by atoms with Gasteiger partial charge in [0.05, 0.1) is 11.8 Å². The molecule has 1 aliphatic rings. The van der Waals surface area contributed by atoms with E-state index in [0.29, 0.717) is 0 Å². The third kappa shape index (κ3) is 6.24. The molecule has 1 rings (SSSR count). The number of amides is 1. The number of halogens is 1. The highest BCUT2D eigenvalue weighted by atomic mass is 35.5. The van der Waals surface area contributed by atoms with Crippen LogP contribution in [0.15, 0.2) is 0 Å². The van der Waals surface area contributed by atoms with Crippen molar-refractivity contribution in [3.8, 4) is 0 Å². The van der Waals surface area contributed by atoms with E-state index >= 15 is 0 Å². The summed E-state index contributed by atoms with van der Waals surface area (Å²) in [6.45, 7) is 1.15. The number of nitrogens with zero attached hydrogens (tertiary/aromatic N) is 1. The zero-order valence-electron chi connectivity index (χ0n) is 10.3. The molecule has 0 saturated carbocycles. The Hall–Kier alpha value is -0.330. The van der Waals surface area contributed by atoms with Crippen molar-refractivity contribution in [1.82, 2.24) is 10.2 Å². The second kappa shape index (κ2) is 7.18. The van der Waals surface area contributed by atoms with Gasteiger partial charge < -0.3 is 10.2 Å². The number of nitrogens with one attached hydrogen (secondary N) is 1. The first-order chi connectivity index (χ1) is 7.40. The highest BCUT2D eigenvalue weighted by molar-refractivity contribution is 7.90. The number of sulfone groups is 1. The van der Waals surface area contributed by atoms with Crippen molar-refractivity contribution in [2.45, 2.75) is 25.3 Å². The molecule has 1 heterocycles. The minimum atomic E-state index is -3.00. The van der Waals surface area contributed by atoms with Gasteiger partial charge in [-0.05, 0) is 19.4 Å². The number of likely N-dealkylation sites (N-methyl/N-ethyl adjacent to an activating group) is 1. The lowest BCUT2D eigenvalue weighted by Crippen LogP contribution is -2.48. The van der Waals surface area contributed by atoms with Gasteiger partial charge in [-0.1, -0.05) is 6.42 Å². The first kappa shape index (κ1) is 16.7. The second-order valence-corrected chi connectivity index (χ2v) is 6.65. The quantitative estimate of drug-likeness (QED) is 0.792. The van der Waals surface area contributed by atoms with Crippen molar-refractivity contribution in [3.63, 3.8) is 0 Å². The van der Waals surface area contributed by atoms with Crippen molar-refractivity contribution < 1.29 is 13.2 Å². The molecule has 0 aromatic carbocycles. The van der Waals surface area contributed by atoms with Crippen molar-refractivity contribution in [2.75, 3.05) is 32.1 Å². The lowest BCUT2D eigenvalue weighted by Gasteiger charge is -2.27. The number of hydrogen-bond acceptors (Lipinski definition) is 4. The van der Waals surface area contributed by atoms with Gasteiger partial charge in [0.1, 0.15) is 9.84 Å². The first-order valence-corrected chi connectivity index (χ1v) is 7.62. The number of piperidine rings is 1. The fourth-order valence-corrected chi connectivity index (χ4v) is 2.35. The summed E-state index contributed by atoms with van der Waals surface area (Å²) in [5.41, 5.74) is 0. The summed E-state index contributed by atoms with van der Waals surface area (Å²) in [6, 6.07) is -0.127. The Morgan fingerprint density at radius 1 is 1.41 bits per heavy atom. The van der Waals surface area contributed by atoms with Crippen molar-refractivity contribution in [1.29, 1.82) is 0 Å². The van der Waals surface area contributed by atoms with Gasteiger partial charge in [-0.25, -0.2) is 8.42 Å². The molecule has 0 radical (unpaired) electrons. The minimum Gasteiger partial charge on any atom is -0.343 e. The summed E-state index contributed by atoms with van der Waals surface area (Å²) in [6.07, 6.45) is 4.20. The molecule has 0 aliphatic carbocycles. The predicted octanol–water partition coefficient (Wildman–Crippen LogP) is 0.0533. The van der Waals surface area contributed by atoms with Gasteiger partial charge in [0.2, 0.25) is 5.91 Å². The van der Waals surface area contributed by atoms with Gasteiger partial charge >= 0.3 is 0 Å². The smallest absolute Gasteiger partial charge is 0.239 e. The van der Waals surface area contributed by atoms with Crippen LogP contribution >= 0.6 is 12.4 Å². The summed E-state index contributed by atoms with van der Waals surface area (Å²) in [5, 5.41) is 3.16. The predicted molar refractivity (Wildman–Crippen MR) is 70.2 cm³/mol. The molecule has 0 aromatic heterocycles. The van der Waals surface area contributed by atoms with Crippen molar-refractivity contribution >= 4 is 28.2 Å². The van der Waals surface area contributed by atoms with Gasteiger partial charge in [-0.3, -0.25) is 4.79 Å². The van der Waals surface area contributed by atoms with Crippen LogP contribution < -0.4 is 5.32 Å². The van der Waals surface area contributed by atoms with Crippen LogP contribution in [-0.4, -0.2) is 57.4 Å². The highest BCUT2D eigenvalue weighted by Crippen LogP contribution is 2.09. The molecule has 1 aliphatic heterocycles. The van der Waals surface area contributed by atoms with E-state index in [1.807, 2.05) is 0 Å². The van der Waals surface area contributed by atoms with Crippen molar-refractivity contribution in [3.05, 3.63) is 0 Å². The molecular formula is C10H21ClN2O3S. The molecular weight excluding hydrogens is 264 g/mol. The van der Waals surface area contributed by atoms with E-state index in [0.717, 1.165) is 25.8 Å². The maximum Gasteiger partial charge on any atom is 0.239 e. The van der Waals surface area contributed by atoms with E-state index in [2.05, 4.69) is 5.32 Å². The molecule has 17 heavy (non-hydrogen) atoms. The molecule has 0 spiro atoms. The van der Waals surface area contributed by atoms with Crippen LogP contribution in [-0.2, 0) is 14.6 Å². The summed E-state index contributed by atoms with van der Waals surface area (Å²) in [5.74, 6) is 0.0328. The van der Waals surface area contributed by atoms with Gasteiger partial charge in [-0.2, -0.15) is 0 Å². The average Bonchev–Trinajstić information content (AvgIpc) is 2.25. The Balaban J connectivity index is 0.00000256. The minimum absolute atomic E-state index is 0. The van der Waals surface area contributed by atoms with E-state index in [4.69, 9.17) is 0 Å². The Labute approximate surface area is 109 Å². The zero-order chi connectivity index (χ0) is 12.2. The zero-order valence-corrected chi connectivity index (χ0v) is 11.9. The van der Waals surface area contributed by atoms with E-state index in [-0.39, 0.29) is 36.7 Å². The number of hydrogen-bond donors (Lipinski definition) is 1. The number of rotatable bonds is 4. The normalized spacial score (nSPS) is 20.5. The molecule has 1 atom stereocenters. The molecule has 0 aromatic rings. The Morgan fingerprint density at radius 2 is 2.06 bits per heavy atom. The fraction of sp³-hybridized carbons (Fsp3) is 0.900. The van der Waals surface area contributed by atoms with Gasteiger partial charge in [0, 0.05) is 19.8 Å². The lowest BCUT2D eigenvalue weighted by atomic mass is 10.0. The third-order valence-electron chi connectivity index (χ3n) is 2.78. The maximum atomic E-state index is 11.9. The molecule has 1 N–H and O–H groups in total. The molecule has 1 fully saturated rings. The van der Waals surface area contributed by atoms with Crippen LogP contribution in [0.5, 0.6) is 0 Å². The highest BCUT2D eigenvalue weighted by Gasteiger charge is 2.23. The van der Waals surface area contributed by atoms with Gasteiger partial charge in [0.25, 0.3) is 0 Å². The standard InChI is InChI=1S/C10H20N2O3S.ClH/c1-12(7-8-16(2,14)15)10(13)9-5-3-4-6-11-9;/h9,11H,3-8H2,1-2H3;1H/t9-;/m1./s1. The summed E-state index contributed by atoms with van der Waals surface area (Å²) in [4.78, 5) is 13.4. The third-order valence-corrected chi connectivity index (χ3v) is 3.71. The summed E-state index contributed by atoms with van der Waals surface area (Å²) in [7, 11) is -1.34. The van der Waals surface area contributed by atoms with Crippen LogP contribution in [0.1, 0.15) is 19.3 Å². The van der Waals surface area contributed by atoms with Gasteiger partial charge in [-0.15, -0.1) is 12.4 Å². The fourth-order valence-electron chi connectivity index (χ4n) is 1.74. The molecule has 1 saturated heterocycles. The van der Waals surface area contributed by atoms with E-state index in [1.54, 1.807) is 7.05 Å². The molecule has 1 amide bonds. The molecule has 7 heteroatoms. The largest absolute Gasteiger partial charge is 0.343 e. The SMILES string of the molecule is CN(CCS(C)(=O)=O)C(=O)[C@H]1CCCCN1.Cl. The van der Waals surface area contributed by atoms with E-state index in [1.165, 1.54) is 11.2 Å². The van der Waals surface area contributed by atoms with Crippen LogP contribution in [0.25, 0.3) is 0 Å². The van der Waals surface area contributed by atoms with Crippen LogP contribution in [0.4, 0.5) is 0 Å². The Morgan fingerprint density at radius 3 is 2.53 bits per heavy atom. The van der Waals surface area contributed by atoms with E-state index in [9.17, 15) is 13.2 Å². The van der Waals surface area contributed by atoms with E-state index < -0.39 is 9.84 Å². The summed E-state index contributed by atoms with van der Waals surface area (Å²) >= 11 is 0. The Bertz CT molecular complexity index is 339. The monoisotopic (exact) mass is 284 g/mol.